The van der Waals surface area contributed by atoms with Gasteiger partial charge >= 0.3 is 41.8 Å². The van der Waals surface area contributed by atoms with E-state index in [0.717, 1.165) is 25.7 Å². The van der Waals surface area contributed by atoms with Gasteiger partial charge in [-0.15, -0.1) is 0 Å². The SMILES string of the molecule is CC(=O)CC(CCN)CC(N)C(=O)O.CC(CCN)CC(N)C(=O)O.CNC(=O)CC(CCN)CC(N)C(=O)O.NC(N)=NCCCC(N)C(=O)O.NC(N)=NCCCCC(N)C(=O)O.NCCCC(N)C(=O)O.NCCCCC(N)C(=O)O. The van der Waals surface area contributed by atoms with Crippen molar-refractivity contribution in [3.63, 3.8) is 0 Å². The molecule has 0 fully saturated rings. The van der Waals surface area contributed by atoms with E-state index in [4.69, 9.17) is 127 Å². The van der Waals surface area contributed by atoms with Crippen molar-refractivity contribution in [1.29, 1.82) is 0 Å². The number of carboxylic acid groups (broad SMARTS) is 7. The molecule has 496 valence electrons. The number of hydrogen-bond donors (Lipinski definition) is 24. The van der Waals surface area contributed by atoms with E-state index < -0.39 is 84.1 Å². The van der Waals surface area contributed by atoms with Crippen molar-refractivity contribution >= 4 is 65.4 Å². The summed E-state index contributed by atoms with van der Waals surface area (Å²) in [6.45, 7) is 6.95. The van der Waals surface area contributed by atoms with E-state index in [1.54, 1.807) is 7.05 Å². The molecule has 0 saturated heterocycles. The second-order valence-electron chi connectivity index (χ2n) is 19.1. The Balaban J connectivity index is -0.000000166. The molecule has 0 aliphatic carbocycles. The van der Waals surface area contributed by atoms with E-state index in [0.29, 0.717) is 129 Å². The summed E-state index contributed by atoms with van der Waals surface area (Å²) in [6, 6.07) is -5.62. The number of rotatable bonds is 39. The lowest BCUT2D eigenvalue weighted by molar-refractivity contribution is -0.140. The lowest BCUT2D eigenvalue weighted by Gasteiger charge is -2.17. The molecule has 0 spiro atoms. The van der Waals surface area contributed by atoms with Gasteiger partial charge in [0.15, 0.2) is 11.9 Å². The molecule has 0 saturated carbocycles. The lowest BCUT2D eigenvalue weighted by Crippen LogP contribution is -2.34. The van der Waals surface area contributed by atoms with Crippen LogP contribution < -0.4 is 97.1 Å². The first kappa shape index (κ1) is 91.2. The molecule has 0 aromatic carbocycles. The van der Waals surface area contributed by atoms with Gasteiger partial charge in [0.25, 0.3) is 0 Å². The van der Waals surface area contributed by atoms with E-state index in [1.807, 2.05) is 6.92 Å². The molecule has 0 rings (SSSR count). The molecule has 0 aliphatic rings. The highest BCUT2D eigenvalue weighted by Crippen LogP contribution is 2.16. The molecule has 0 heterocycles. The maximum Gasteiger partial charge on any atom is 0.320 e. The van der Waals surface area contributed by atoms with Gasteiger partial charge in [-0.1, -0.05) is 13.3 Å². The summed E-state index contributed by atoms with van der Waals surface area (Å²) < 4.78 is 0. The van der Waals surface area contributed by atoms with Crippen molar-refractivity contribution in [3.05, 3.63) is 0 Å². The number of unbranched alkanes of at least 4 members (excludes halogenated alkanes) is 2. The van der Waals surface area contributed by atoms with Crippen LogP contribution in [0.4, 0.5) is 0 Å². The molecule has 0 aliphatic heterocycles. The molecule has 1 amide bonds. The molecule has 84 heavy (non-hydrogen) atoms. The molecule has 35 nitrogen and oxygen atoms in total. The van der Waals surface area contributed by atoms with E-state index in [-0.39, 0.29) is 48.3 Å². The zero-order valence-corrected chi connectivity index (χ0v) is 49.4. The number of aliphatic carboxylic acids is 7. The molecule has 10 unspecified atom stereocenters. The van der Waals surface area contributed by atoms with Crippen LogP contribution in [-0.4, -0.2) is 196 Å². The third-order valence-electron chi connectivity index (χ3n) is 11.1. The number of nitrogens with one attached hydrogen (secondary N) is 1. The quantitative estimate of drug-likeness (QED) is 0.0155. The van der Waals surface area contributed by atoms with Crippen LogP contribution in [0.15, 0.2) is 9.98 Å². The van der Waals surface area contributed by atoms with Gasteiger partial charge in [0, 0.05) is 33.0 Å². The van der Waals surface area contributed by atoms with Crippen molar-refractivity contribution in [3.8, 4) is 0 Å². The predicted octanol–water partition coefficient (Wildman–Crippen LogP) is -5.65. The Morgan fingerprint density at radius 2 is 0.679 bits per heavy atom. The average Bonchev–Trinajstić information content (AvgIpc) is 3.39. The summed E-state index contributed by atoms with van der Waals surface area (Å²) in [5.41, 5.74) is 83.6. The number of carbonyl (C=O) groups is 9. The number of Topliss-reactive ketones (excluding diaryl/α,β-unsaturated/α-hetero) is 1. The Morgan fingerprint density at radius 1 is 0.381 bits per heavy atom. The normalized spacial score (nSPS) is 13.7. The smallest absolute Gasteiger partial charge is 0.320 e. The van der Waals surface area contributed by atoms with E-state index in [1.165, 1.54) is 6.92 Å². The van der Waals surface area contributed by atoms with E-state index in [2.05, 4.69) is 15.3 Å². The molecule has 10 atom stereocenters. The first-order valence-corrected chi connectivity index (χ1v) is 27.2. The largest absolute Gasteiger partial charge is 0.480 e. The Morgan fingerprint density at radius 3 is 0.976 bits per heavy atom. The van der Waals surface area contributed by atoms with Gasteiger partial charge in [-0.2, -0.15) is 0 Å². The molecule has 0 aromatic rings. The first-order chi connectivity index (χ1) is 39.0. The fourth-order valence-corrected chi connectivity index (χ4v) is 6.25. The zero-order chi connectivity index (χ0) is 66.9. The van der Waals surface area contributed by atoms with Crippen LogP contribution in [0.5, 0.6) is 0 Å². The van der Waals surface area contributed by atoms with Gasteiger partial charge < -0.3 is 138 Å². The number of amides is 1. The molecular formula is C49H109N19O16. The monoisotopic (exact) mass is 1220 g/mol. The Hall–Kier alpha value is -6.51. The summed E-state index contributed by atoms with van der Waals surface area (Å²) in [7, 11) is 1.54. The van der Waals surface area contributed by atoms with Crippen molar-refractivity contribution in [2.24, 2.45) is 119 Å². The van der Waals surface area contributed by atoms with Crippen LogP contribution in [-0.2, 0) is 43.2 Å². The number of aliphatic imine (C=N–C) groups is 2. The van der Waals surface area contributed by atoms with Crippen molar-refractivity contribution in [2.75, 3.05) is 52.9 Å². The number of ketones is 1. The van der Waals surface area contributed by atoms with Crippen molar-refractivity contribution in [1.82, 2.24) is 5.32 Å². The molecular weight excluding hydrogens is 1110 g/mol. The second-order valence-corrected chi connectivity index (χ2v) is 19.1. The highest BCUT2D eigenvalue weighted by Gasteiger charge is 2.21. The maximum absolute atomic E-state index is 11.1. The molecule has 0 aromatic heterocycles. The third kappa shape index (κ3) is 71.6. The van der Waals surface area contributed by atoms with E-state index in [9.17, 15) is 43.2 Å². The van der Waals surface area contributed by atoms with Gasteiger partial charge in [-0.3, -0.25) is 48.3 Å². The van der Waals surface area contributed by atoms with E-state index >= 15 is 0 Å². The van der Waals surface area contributed by atoms with Crippen LogP contribution in [0.3, 0.4) is 0 Å². The van der Waals surface area contributed by atoms with Gasteiger partial charge in [0.2, 0.25) is 5.91 Å². The fraction of sp³-hybridized carbons (Fsp3) is 0.776. The molecule has 40 N–H and O–H groups in total. The lowest BCUT2D eigenvalue weighted by atomic mass is 9.92. The second kappa shape index (κ2) is 61.1. The minimum Gasteiger partial charge on any atom is -0.480 e. The van der Waals surface area contributed by atoms with Gasteiger partial charge in [0.1, 0.15) is 48.1 Å². The highest BCUT2D eigenvalue weighted by atomic mass is 16.4. The van der Waals surface area contributed by atoms with Crippen LogP contribution >= 0.6 is 0 Å². The summed E-state index contributed by atoms with van der Waals surface area (Å²) >= 11 is 0. The van der Waals surface area contributed by atoms with Crippen molar-refractivity contribution < 1.29 is 78.9 Å². The first-order valence-electron chi connectivity index (χ1n) is 27.2. The number of nitrogens with zero attached hydrogens (tertiary/aromatic N) is 2. The average molecular weight is 1220 g/mol. The molecule has 0 bridgehead atoms. The van der Waals surface area contributed by atoms with Crippen LogP contribution in [0.25, 0.3) is 0 Å². The number of nitrogens with two attached hydrogens (primary N) is 16. The standard InChI is InChI=1S/C9H19N3O3.C9H18N2O3.C7H16N4O2.C7H16N2O2.C6H14N4O2.C6H14N2O2.C5H12N2O2/c1-12-8(13)5-6(2-3-10)4-7(11)9(14)15;1-6(12)4-7(2-3-10)5-8(11)9(13)14;8-5(6(12)13)3-1-2-4-11-7(9)10;1-5(2-3-8)4-6(9)7(10)11;7-4(5(11)12)2-1-3-10-6(8)9;7-4-2-1-3-5(8)6(9)10;6-3-1-2-4(7)5(8)9/h6-7H,2-5,10-11H2,1H3,(H,12,13)(H,14,15);7-8H,2-5,10-11H2,1H3,(H,13,14);5H,1-4,8H2,(H,12,13)(H4,9,10,11);5-6H,2-4,8-9H2,1H3,(H,10,11);4H,1-3,7H2,(H,11,12)(H4,8,9,10);5H,1-4,7-8H2,(H,9,10);4H,1-3,6-7H2,(H,8,9). The van der Waals surface area contributed by atoms with Crippen LogP contribution in [0.1, 0.15) is 129 Å². The Labute approximate surface area is 492 Å². The number of carboxylic acids is 7. The van der Waals surface area contributed by atoms with Crippen LogP contribution in [0, 0.1) is 17.8 Å². The summed E-state index contributed by atoms with van der Waals surface area (Å²) in [5.74, 6) is -6.66. The number of carbonyl (C=O) groups excluding carboxylic acids is 2. The maximum atomic E-state index is 11.1. The molecule has 35 heteroatoms. The number of guanidine groups is 2. The molecule has 0 radical (unpaired) electrons. The fourth-order valence-electron chi connectivity index (χ4n) is 6.25. The summed E-state index contributed by atoms with van der Waals surface area (Å²) in [4.78, 5) is 101. The highest BCUT2D eigenvalue weighted by molar-refractivity contribution is 5.78. The number of hydrogen-bond acceptors (Lipinski definition) is 23. The van der Waals surface area contributed by atoms with Crippen LogP contribution in [0.2, 0.25) is 0 Å². The third-order valence-corrected chi connectivity index (χ3v) is 11.1. The Kier molecular flexibility index (Phi) is 66.3. The summed E-state index contributed by atoms with van der Waals surface area (Å²) in [6.07, 6.45) is 9.98. The van der Waals surface area contributed by atoms with Gasteiger partial charge in [-0.05, 0) is 154 Å². The van der Waals surface area contributed by atoms with Gasteiger partial charge in [-0.25, -0.2) is 0 Å². The van der Waals surface area contributed by atoms with Gasteiger partial charge in [0.05, 0.1) is 0 Å². The van der Waals surface area contributed by atoms with Crippen molar-refractivity contribution in [2.45, 2.75) is 172 Å². The minimum atomic E-state index is -1.05. The topological polar surface area (TPSA) is 748 Å². The predicted molar refractivity (Wildman–Crippen MR) is 320 cm³/mol. The Bertz CT molecular complexity index is 1820. The zero-order valence-electron chi connectivity index (χ0n) is 49.4. The summed E-state index contributed by atoms with van der Waals surface area (Å²) in [5, 5.41) is 61.5. The minimum absolute atomic E-state index is 0.0106.